The Morgan fingerprint density at radius 1 is 0.397 bits per heavy atom. The van der Waals surface area contributed by atoms with Crippen LogP contribution >= 0.6 is 0 Å². The highest BCUT2D eigenvalue weighted by atomic mass is 16.7. The Morgan fingerprint density at radius 3 is 0.810 bits per heavy atom. The largest absolute Gasteiger partial charge is 0.347 e. The van der Waals surface area contributed by atoms with E-state index in [1.807, 2.05) is 0 Å². The van der Waals surface area contributed by atoms with Gasteiger partial charge in [0.1, 0.15) is 5.78 Å². The van der Waals surface area contributed by atoms with Crippen molar-refractivity contribution in [3.8, 4) is 0 Å². The monoisotopic (exact) mass is 757 g/mol. The fraction of sp³-hybridized carbons (Fsp3) is 0.950. The average molecular weight is 749 g/mol. The molecular formula is C20H28B40O3. The zero-order valence-corrected chi connectivity index (χ0v) is 37.1. The number of carbonyl (C=O) groups excluding carboxylic acids is 1. The highest BCUT2D eigenvalue weighted by Crippen LogP contribution is 2.68. The molecule has 5 aliphatic heterocycles. The molecule has 0 aromatic heterocycles. The maximum Gasteiger partial charge on any atom is 0.170 e. The van der Waals surface area contributed by atoms with Crippen LogP contribution in [0, 0.1) is 10.8 Å². The van der Waals surface area contributed by atoms with Gasteiger partial charge in [-0.2, -0.15) is 0 Å². The molecule has 4 unspecified atom stereocenters. The van der Waals surface area contributed by atoms with Gasteiger partial charge in [0.25, 0.3) is 0 Å². The molecule has 6 aliphatic rings. The highest BCUT2D eigenvalue weighted by molar-refractivity contribution is 8.03. The molecule has 63 heavy (non-hydrogen) atoms. The van der Waals surface area contributed by atoms with E-state index in [1.54, 1.807) is 0 Å². The third-order valence-corrected chi connectivity index (χ3v) is 16.8. The molecular weight excluding hydrogens is 721 g/mol. The van der Waals surface area contributed by atoms with Crippen LogP contribution in [-0.2, 0) is 14.3 Å². The van der Waals surface area contributed by atoms with Crippen LogP contribution in [0.1, 0.15) is 38.5 Å². The lowest BCUT2D eigenvalue weighted by Gasteiger charge is -2.54. The minimum atomic E-state index is -1.07. The zero-order valence-electron chi connectivity index (χ0n) is 37.1. The molecule has 5 heterocycles. The first kappa shape index (κ1) is 54.5. The number of ether oxygens (including phenoxy) is 2. The fourth-order valence-electron chi connectivity index (χ4n) is 13.6. The first-order chi connectivity index (χ1) is 29.3. The minimum absolute atomic E-state index is 0.0201. The molecule has 6 rings (SSSR count). The molecule has 0 N–H and O–H groups in total. The molecule has 1 spiro atoms. The van der Waals surface area contributed by atoms with Gasteiger partial charge in [0.05, 0.1) is 39.6 Å². The van der Waals surface area contributed by atoms with Crippen molar-refractivity contribution in [3.05, 3.63) is 0 Å². The number of rotatable bonds is 24. The first-order valence-corrected chi connectivity index (χ1v) is 23.3. The van der Waals surface area contributed by atoms with Crippen LogP contribution in [0.3, 0.4) is 0 Å². The lowest BCUT2D eigenvalue weighted by molar-refractivity contribution is -0.227. The van der Waals surface area contributed by atoms with Crippen LogP contribution in [0.25, 0.3) is 0 Å². The smallest absolute Gasteiger partial charge is 0.170 e. The summed E-state index contributed by atoms with van der Waals surface area (Å²) in [7, 11) is 126. The predicted octanol–water partition coefficient (Wildman–Crippen LogP) is -10.4. The third kappa shape index (κ3) is 12.1. The molecule has 43 heteroatoms. The van der Waals surface area contributed by atoms with Gasteiger partial charge in [-0.15, -0.1) is 0 Å². The van der Waals surface area contributed by atoms with E-state index in [-0.39, 0.29) is 81.0 Å². The first-order valence-electron chi connectivity index (χ1n) is 23.3. The van der Waals surface area contributed by atoms with Crippen molar-refractivity contribution in [2.45, 2.75) is 92.9 Å². The van der Waals surface area contributed by atoms with E-state index in [0.717, 1.165) is 25.3 Å². The van der Waals surface area contributed by atoms with E-state index < -0.39 is 93.2 Å². The molecule has 1 aliphatic carbocycles. The molecule has 1 saturated carbocycles. The van der Waals surface area contributed by atoms with Crippen LogP contribution in [0.15, 0.2) is 0 Å². The maximum absolute atomic E-state index is 16.6. The standard InChI is InChI=1S/C20H28B40O3/c21-45(22)53(37)57(49(29)30)41-7-13(41)3-18(4-14-8-42(14)58(50(31)32)54(38)46(23)24)11-20(62-1-2-63-20)12-19(17(18)61,5-15-9-43(15)59(51(33)34)55(39)47(25)26)6-16-10-44(16)60(52(35)36)56(40)48(27)28/h13-16H,1-12H2. The van der Waals surface area contributed by atoms with Crippen molar-refractivity contribution in [1.82, 2.24) is 0 Å². The molecule has 0 bridgehead atoms. The third-order valence-electron chi connectivity index (χ3n) is 16.8. The molecule has 40 radical (unpaired) electrons. The van der Waals surface area contributed by atoms with Gasteiger partial charge >= 0.3 is 0 Å². The van der Waals surface area contributed by atoms with Crippen molar-refractivity contribution in [3.63, 3.8) is 0 Å². The molecule has 4 atom stereocenters. The summed E-state index contributed by atoms with van der Waals surface area (Å²) in [5.41, 5.74) is -1.93. The van der Waals surface area contributed by atoms with Crippen LogP contribution < -0.4 is 0 Å². The summed E-state index contributed by atoms with van der Waals surface area (Å²) >= 11 is 0. The van der Waals surface area contributed by atoms with Crippen molar-refractivity contribution < 1.29 is 14.3 Å². The van der Waals surface area contributed by atoms with E-state index in [0.29, 0.717) is 51.7 Å². The summed E-state index contributed by atoms with van der Waals surface area (Å²) in [4.78, 5) is 16.6. The Bertz CT molecular complexity index is 1350. The summed E-state index contributed by atoms with van der Waals surface area (Å²) in [6.45, 7) is 0.650. The maximum atomic E-state index is 16.6. The predicted molar refractivity (Wildman–Crippen MR) is 317 cm³/mol. The number of Topliss-reactive ketones (excluding diaryl/α,β-unsaturated/α-hetero) is 1. The second-order valence-electron chi connectivity index (χ2n) is 21.5. The Labute approximate surface area is 417 Å². The van der Waals surface area contributed by atoms with Crippen LogP contribution in [0.2, 0.25) is 48.5 Å². The van der Waals surface area contributed by atoms with Crippen molar-refractivity contribution in [2.75, 3.05) is 13.2 Å². The van der Waals surface area contributed by atoms with Gasteiger partial charge in [-0.25, -0.2) is 0 Å². The molecule has 6 fully saturated rings. The fourth-order valence-corrected chi connectivity index (χ4v) is 13.6. The van der Waals surface area contributed by atoms with Gasteiger partial charge in [0.2, 0.25) is 0 Å². The zero-order chi connectivity index (χ0) is 46.8. The van der Waals surface area contributed by atoms with Crippen molar-refractivity contribution in [2.24, 2.45) is 10.8 Å². The second kappa shape index (κ2) is 21.5. The number of carbonyl (C=O) groups is 1. The van der Waals surface area contributed by atoms with Crippen LogP contribution in [0.4, 0.5) is 0 Å². The molecule has 5 saturated heterocycles. The molecule has 246 valence electrons. The summed E-state index contributed by atoms with van der Waals surface area (Å²) in [6, 6.07) is 0. The van der Waals surface area contributed by atoms with Gasteiger partial charge in [0, 0.05) is 281 Å². The van der Waals surface area contributed by atoms with Gasteiger partial charge in [-0.3, -0.25) is 4.79 Å². The molecule has 0 aromatic rings. The average Bonchev–Trinajstić information content (AvgIpc) is 4.08. The summed E-state index contributed by atoms with van der Waals surface area (Å²) < 4.78 is 13.5. The number of ketones is 1. The Hall–Kier alpha value is 2.19. The van der Waals surface area contributed by atoms with Gasteiger partial charge in [-0.05, 0) is 25.7 Å². The normalized spacial score (nSPS) is 27.1. The van der Waals surface area contributed by atoms with Gasteiger partial charge in [-0.1, -0.05) is 48.5 Å². The van der Waals surface area contributed by atoms with Crippen molar-refractivity contribution in [1.29, 1.82) is 0 Å². The van der Waals surface area contributed by atoms with E-state index in [4.69, 9.17) is 164 Å². The molecule has 0 amide bonds. The molecule has 3 nitrogen and oxygen atoms in total. The highest BCUT2D eigenvalue weighted by Gasteiger charge is 2.69. The summed E-state index contributed by atoms with van der Waals surface area (Å²) in [5.74, 6) is -0.844. The lowest BCUT2D eigenvalue weighted by atomic mass is 8.57. The Balaban J connectivity index is 1.44. The van der Waals surface area contributed by atoms with E-state index in [2.05, 4.69) is 0 Å². The summed E-state index contributed by atoms with van der Waals surface area (Å²) in [6.07, 6.45) is -5.01. The topological polar surface area (TPSA) is 35.5 Å². The van der Waals surface area contributed by atoms with Crippen LogP contribution in [-0.4, -0.2) is 308 Å². The van der Waals surface area contributed by atoms with Crippen LogP contribution in [0.5, 0.6) is 0 Å². The quantitative estimate of drug-likeness (QED) is 0.0922. The van der Waals surface area contributed by atoms with Gasteiger partial charge in [0.15, 0.2) is 5.79 Å². The van der Waals surface area contributed by atoms with E-state index >= 15 is 4.79 Å². The van der Waals surface area contributed by atoms with E-state index in [1.165, 1.54) is 0 Å². The van der Waals surface area contributed by atoms with Gasteiger partial charge < -0.3 is 9.47 Å². The molecule has 0 aromatic carbocycles. The van der Waals surface area contributed by atoms with E-state index in [9.17, 15) is 0 Å². The number of hydrogen-bond acceptors (Lipinski definition) is 3. The minimum Gasteiger partial charge on any atom is -0.347 e. The number of hydrogen-bond donors (Lipinski definition) is 0. The summed E-state index contributed by atoms with van der Waals surface area (Å²) in [5, 5.41) is 0. The second-order valence-corrected chi connectivity index (χ2v) is 21.5. The Morgan fingerprint density at radius 2 is 0.619 bits per heavy atom. The lowest BCUT2D eigenvalue weighted by Crippen LogP contribution is -2.64. The van der Waals surface area contributed by atoms with Crippen molar-refractivity contribution >= 4 is 289 Å². The SMILES string of the molecule is [B]B([B])B([B])B(B([B])[B])B1CC1CC1(CC2CB2B(B([B])[B])B([B])B([B])[B])CC2(CC(CC3CB3B(B([B])[B])B([B])B([B])[B])(CC3CB3B(B([B])[B])B([B])B([B])[B])C1=O)OCCO2. The Kier molecular flexibility index (Phi) is 18.6.